The molecule has 0 unspecified atom stereocenters. The van der Waals surface area contributed by atoms with Crippen LogP contribution >= 0.6 is 0 Å². The maximum absolute atomic E-state index is 12.1. The number of rotatable bonds is 4. The molecule has 0 bridgehead atoms. The van der Waals surface area contributed by atoms with Gasteiger partial charge in [0.15, 0.2) is 6.33 Å². The predicted octanol–water partition coefficient (Wildman–Crippen LogP) is 1.20. The van der Waals surface area contributed by atoms with Crippen LogP contribution in [0.5, 0.6) is 0 Å². The van der Waals surface area contributed by atoms with Crippen LogP contribution in [0.3, 0.4) is 0 Å². The third kappa shape index (κ3) is 2.67. The molecule has 1 amide bonds. The quantitative estimate of drug-likeness (QED) is 0.864. The van der Waals surface area contributed by atoms with Gasteiger partial charge in [-0.3, -0.25) is 4.79 Å². The van der Waals surface area contributed by atoms with Crippen molar-refractivity contribution < 1.29 is 9.32 Å². The Balaban J connectivity index is 1.84. The van der Waals surface area contributed by atoms with E-state index in [9.17, 15) is 10.1 Å². The number of hydrogen-bond donors (Lipinski definition) is 1. The third-order valence-corrected chi connectivity index (χ3v) is 3.39. The molecule has 1 aromatic heterocycles. The second kappa shape index (κ2) is 5.63. The van der Waals surface area contributed by atoms with Gasteiger partial charge in [0.05, 0.1) is 6.07 Å². The first kappa shape index (κ1) is 12.6. The number of amides is 1. The van der Waals surface area contributed by atoms with E-state index in [0.717, 1.165) is 19.3 Å². The molecule has 1 aliphatic carbocycles. The summed E-state index contributed by atoms with van der Waals surface area (Å²) in [5.41, 5.74) is -0.826. The van der Waals surface area contributed by atoms with Gasteiger partial charge in [0, 0.05) is 13.0 Å². The molecule has 6 nitrogen and oxygen atoms in total. The number of nitrogens with one attached hydrogen (secondary N) is 1. The second-order valence-electron chi connectivity index (χ2n) is 4.60. The molecule has 6 heteroatoms. The van der Waals surface area contributed by atoms with Crippen molar-refractivity contribution in [2.24, 2.45) is 5.41 Å². The fourth-order valence-electron chi connectivity index (χ4n) is 2.30. The first-order chi connectivity index (χ1) is 8.77. The van der Waals surface area contributed by atoms with Crippen molar-refractivity contribution in [1.29, 1.82) is 5.26 Å². The van der Waals surface area contributed by atoms with Crippen molar-refractivity contribution in [1.82, 2.24) is 15.5 Å². The number of carbonyl (C=O) groups excluding carboxylic acids is 1. The van der Waals surface area contributed by atoms with Crippen LogP contribution in [0.1, 0.15) is 38.0 Å². The number of nitrogens with zero attached hydrogens (tertiary/aromatic N) is 3. The van der Waals surface area contributed by atoms with Crippen molar-refractivity contribution in [2.45, 2.75) is 38.5 Å². The van der Waals surface area contributed by atoms with Crippen LogP contribution in [-0.2, 0) is 11.2 Å². The van der Waals surface area contributed by atoms with E-state index in [4.69, 9.17) is 4.52 Å². The molecular formula is C12H16N4O2. The Hall–Kier alpha value is -1.90. The fourth-order valence-corrected chi connectivity index (χ4v) is 2.30. The molecule has 1 saturated carbocycles. The van der Waals surface area contributed by atoms with Gasteiger partial charge in [-0.2, -0.15) is 10.2 Å². The minimum absolute atomic E-state index is 0.163. The van der Waals surface area contributed by atoms with E-state index in [1.165, 1.54) is 6.33 Å². The summed E-state index contributed by atoms with van der Waals surface area (Å²) in [6.07, 6.45) is 6.15. The average molecular weight is 248 g/mol. The predicted molar refractivity (Wildman–Crippen MR) is 62.1 cm³/mol. The van der Waals surface area contributed by atoms with Crippen LogP contribution < -0.4 is 5.32 Å². The Kier molecular flexibility index (Phi) is 3.92. The van der Waals surface area contributed by atoms with E-state index >= 15 is 0 Å². The smallest absolute Gasteiger partial charge is 0.240 e. The van der Waals surface area contributed by atoms with Gasteiger partial charge in [0.25, 0.3) is 0 Å². The molecular weight excluding hydrogens is 232 g/mol. The van der Waals surface area contributed by atoms with E-state index in [0.29, 0.717) is 31.7 Å². The zero-order valence-corrected chi connectivity index (χ0v) is 10.2. The molecule has 96 valence electrons. The highest BCUT2D eigenvalue weighted by atomic mass is 16.5. The van der Waals surface area contributed by atoms with Gasteiger partial charge in [-0.1, -0.05) is 24.4 Å². The molecule has 0 atom stereocenters. The minimum atomic E-state index is -0.826. The standard InChI is InChI=1S/C12H16N4O2/c13-8-12(5-2-1-3-6-12)11(17)14-7-4-10-15-9-16-18-10/h9H,1-7H2,(H,14,17). The molecule has 0 spiro atoms. The SMILES string of the molecule is N#CC1(C(=O)NCCc2ncno2)CCCCC1. The second-order valence-corrected chi connectivity index (χ2v) is 4.60. The van der Waals surface area contributed by atoms with E-state index in [1.807, 2.05) is 0 Å². The normalized spacial score (nSPS) is 17.9. The summed E-state index contributed by atoms with van der Waals surface area (Å²) in [6.45, 7) is 0.421. The number of hydrogen-bond acceptors (Lipinski definition) is 5. The zero-order valence-electron chi connectivity index (χ0n) is 10.2. The monoisotopic (exact) mass is 248 g/mol. The first-order valence-electron chi connectivity index (χ1n) is 6.22. The summed E-state index contributed by atoms with van der Waals surface area (Å²) < 4.78 is 4.83. The number of aromatic nitrogens is 2. The van der Waals surface area contributed by atoms with Crippen molar-refractivity contribution in [3.63, 3.8) is 0 Å². The third-order valence-electron chi connectivity index (χ3n) is 3.39. The Bertz CT molecular complexity index is 429. The topological polar surface area (TPSA) is 91.8 Å². The highest BCUT2D eigenvalue weighted by molar-refractivity contribution is 5.85. The molecule has 2 rings (SSSR count). The van der Waals surface area contributed by atoms with Gasteiger partial charge >= 0.3 is 0 Å². The van der Waals surface area contributed by atoms with Crippen LogP contribution in [-0.4, -0.2) is 22.6 Å². The van der Waals surface area contributed by atoms with Crippen LogP contribution in [0.25, 0.3) is 0 Å². The van der Waals surface area contributed by atoms with E-state index in [2.05, 4.69) is 21.5 Å². The molecule has 0 radical (unpaired) electrons. The van der Waals surface area contributed by atoms with Crippen LogP contribution in [0.2, 0.25) is 0 Å². The summed E-state index contributed by atoms with van der Waals surface area (Å²) >= 11 is 0. The molecule has 1 N–H and O–H groups in total. The Morgan fingerprint density at radius 3 is 2.89 bits per heavy atom. The summed E-state index contributed by atoms with van der Waals surface area (Å²) in [6, 6.07) is 2.20. The minimum Gasteiger partial charge on any atom is -0.354 e. The lowest BCUT2D eigenvalue weighted by Crippen LogP contribution is -2.42. The highest BCUT2D eigenvalue weighted by Crippen LogP contribution is 2.35. The molecule has 18 heavy (non-hydrogen) atoms. The van der Waals surface area contributed by atoms with Crippen molar-refractivity contribution in [3.8, 4) is 6.07 Å². The van der Waals surface area contributed by atoms with Gasteiger partial charge in [0.1, 0.15) is 5.41 Å². The van der Waals surface area contributed by atoms with Crippen molar-refractivity contribution in [2.75, 3.05) is 6.54 Å². The van der Waals surface area contributed by atoms with Crippen LogP contribution in [0.4, 0.5) is 0 Å². The van der Waals surface area contributed by atoms with Crippen LogP contribution in [0, 0.1) is 16.7 Å². The van der Waals surface area contributed by atoms with E-state index < -0.39 is 5.41 Å². The van der Waals surface area contributed by atoms with Crippen molar-refractivity contribution >= 4 is 5.91 Å². The molecule has 1 aromatic rings. The zero-order chi connectivity index (χ0) is 12.8. The first-order valence-corrected chi connectivity index (χ1v) is 6.22. The fraction of sp³-hybridized carbons (Fsp3) is 0.667. The van der Waals surface area contributed by atoms with Crippen LogP contribution in [0.15, 0.2) is 10.9 Å². The Labute approximate surface area is 105 Å². The number of carbonyl (C=O) groups is 1. The largest absolute Gasteiger partial charge is 0.354 e. The highest BCUT2D eigenvalue weighted by Gasteiger charge is 2.39. The maximum Gasteiger partial charge on any atom is 0.240 e. The van der Waals surface area contributed by atoms with E-state index in [-0.39, 0.29) is 5.91 Å². The lowest BCUT2D eigenvalue weighted by Gasteiger charge is -2.29. The Morgan fingerprint density at radius 1 is 1.50 bits per heavy atom. The van der Waals surface area contributed by atoms with Gasteiger partial charge in [-0.05, 0) is 12.8 Å². The van der Waals surface area contributed by atoms with Gasteiger partial charge in [-0.25, -0.2) is 0 Å². The maximum atomic E-state index is 12.1. The average Bonchev–Trinajstić information content (AvgIpc) is 2.92. The van der Waals surface area contributed by atoms with Crippen molar-refractivity contribution in [3.05, 3.63) is 12.2 Å². The lowest BCUT2D eigenvalue weighted by atomic mass is 9.74. The van der Waals surface area contributed by atoms with E-state index in [1.54, 1.807) is 0 Å². The Morgan fingerprint density at radius 2 is 2.28 bits per heavy atom. The molecule has 0 saturated heterocycles. The number of nitriles is 1. The summed E-state index contributed by atoms with van der Waals surface area (Å²) in [5.74, 6) is 0.328. The lowest BCUT2D eigenvalue weighted by molar-refractivity contribution is -0.129. The van der Waals surface area contributed by atoms with Gasteiger partial charge in [0.2, 0.25) is 11.8 Å². The molecule has 1 heterocycles. The molecule has 0 aliphatic heterocycles. The van der Waals surface area contributed by atoms with Gasteiger partial charge < -0.3 is 9.84 Å². The molecule has 1 aliphatic rings. The summed E-state index contributed by atoms with van der Waals surface area (Å²) in [7, 11) is 0. The summed E-state index contributed by atoms with van der Waals surface area (Å²) in [4.78, 5) is 15.9. The molecule has 0 aromatic carbocycles. The van der Waals surface area contributed by atoms with Gasteiger partial charge in [-0.15, -0.1) is 0 Å². The molecule has 1 fully saturated rings. The summed E-state index contributed by atoms with van der Waals surface area (Å²) in [5, 5.41) is 15.5.